The standard InChI is InChI=1S/C11H11ClO3/c1-7-3-8(5-11(14)15-2)9(6-13)10(12)4-7/h3-4,6H,5H2,1-2H3. The number of rotatable bonds is 3. The van der Waals surface area contributed by atoms with Gasteiger partial charge in [0.1, 0.15) is 0 Å². The van der Waals surface area contributed by atoms with Crippen molar-refractivity contribution in [3.05, 3.63) is 33.8 Å². The van der Waals surface area contributed by atoms with Crippen LogP contribution >= 0.6 is 11.6 Å². The smallest absolute Gasteiger partial charge is 0.310 e. The molecule has 0 atom stereocenters. The second-order valence-corrected chi connectivity index (χ2v) is 3.60. The lowest BCUT2D eigenvalue weighted by Gasteiger charge is -2.07. The van der Waals surface area contributed by atoms with Gasteiger partial charge in [0, 0.05) is 5.56 Å². The van der Waals surface area contributed by atoms with Crippen molar-refractivity contribution in [3.8, 4) is 0 Å². The fraction of sp³-hybridized carbons (Fsp3) is 0.273. The van der Waals surface area contributed by atoms with E-state index in [0.29, 0.717) is 22.4 Å². The van der Waals surface area contributed by atoms with E-state index >= 15 is 0 Å². The first-order valence-electron chi connectivity index (χ1n) is 4.39. The quantitative estimate of drug-likeness (QED) is 0.586. The Morgan fingerprint density at radius 1 is 1.53 bits per heavy atom. The van der Waals surface area contributed by atoms with Gasteiger partial charge in [-0.25, -0.2) is 0 Å². The van der Waals surface area contributed by atoms with Crippen LogP contribution in [0.25, 0.3) is 0 Å². The maximum atomic E-state index is 11.1. The molecular weight excluding hydrogens is 216 g/mol. The first-order chi connectivity index (χ1) is 7.08. The zero-order chi connectivity index (χ0) is 11.4. The molecule has 0 radical (unpaired) electrons. The predicted octanol–water partition coefficient (Wildman–Crippen LogP) is 2.18. The van der Waals surface area contributed by atoms with E-state index in [1.165, 1.54) is 7.11 Å². The van der Waals surface area contributed by atoms with Gasteiger partial charge in [0.15, 0.2) is 6.29 Å². The molecule has 0 aliphatic heterocycles. The van der Waals surface area contributed by atoms with Crippen LogP contribution in [0.4, 0.5) is 0 Å². The number of esters is 1. The summed E-state index contributed by atoms with van der Waals surface area (Å²) < 4.78 is 4.54. The van der Waals surface area contributed by atoms with Crippen LogP contribution < -0.4 is 0 Å². The summed E-state index contributed by atoms with van der Waals surface area (Å²) >= 11 is 5.88. The molecule has 0 aliphatic carbocycles. The lowest BCUT2D eigenvalue weighted by atomic mass is 10.0. The van der Waals surface area contributed by atoms with Crippen molar-refractivity contribution in [1.29, 1.82) is 0 Å². The minimum absolute atomic E-state index is 0.0615. The average molecular weight is 227 g/mol. The number of methoxy groups -OCH3 is 1. The molecule has 3 nitrogen and oxygen atoms in total. The Hall–Kier alpha value is -1.35. The highest BCUT2D eigenvalue weighted by molar-refractivity contribution is 6.33. The number of hydrogen-bond donors (Lipinski definition) is 0. The van der Waals surface area contributed by atoms with Gasteiger partial charge in [-0.2, -0.15) is 0 Å². The van der Waals surface area contributed by atoms with Gasteiger partial charge in [-0.3, -0.25) is 9.59 Å². The van der Waals surface area contributed by atoms with Gasteiger partial charge >= 0.3 is 5.97 Å². The normalized spacial score (nSPS) is 9.80. The van der Waals surface area contributed by atoms with Gasteiger partial charge in [0.05, 0.1) is 18.6 Å². The Balaban J connectivity index is 3.14. The summed E-state index contributed by atoms with van der Waals surface area (Å²) in [6.45, 7) is 1.85. The first kappa shape index (κ1) is 11.7. The summed E-state index contributed by atoms with van der Waals surface area (Å²) in [4.78, 5) is 21.9. The third-order valence-electron chi connectivity index (χ3n) is 2.04. The summed E-state index contributed by atoms with van der Waals surface area (Å²) in [6.07, 6.45) is 0.714. The molecule has 0 saturated heterocycles. The molecule has 0 aliphatic rings. The van der Waals surface area contributed by atoms with Crippen LogP contribution in [0.5, 0.6) is 0 Å². The minimum Gasteiger partial charge on any atom is -0.469 e. The summed E-state index contributed by atoms with van der Waals surface area (Å²) in [6, 6.07) is 3.44. The van der Waals surface area contributed by atoms with Gasteiger partial charge in [-0.1, -0.05) is 17.7 Å². The molecule has 0 unspecified atom stereocenters. The summed E-state index contributed by atoms with van der Waals surface area (Å²) in [7, 11) is 1.31. The highest BCUT2D eigenvalue weighted by atomic mass is 35.5. The molecular formula is C11H11ClO3. The second kappa shape index (κ2) is 4.94. The van der Waals surface area contributed by atoms with Crippen molar-refractivity contribution in [1.82, 2.24) is 0 Å². The van der Waals surface area contributed by atoms with Crippen molar-refractivity contribution in [2.75, 3.05) is 7.11 Å². The maximum absolute atomic E-state index is 11.1. The Morgan fingerprint density at radius 2 is 2.20 bits per heavy atom. The monoisotopic (exact) mass is 226 g/mol. The molecule has 80 valence electrons. The molecule has 0 saturated carbocycles. The number of carbonyl (C=O) groups excluding carboxylic acids is 2. The third kappa shape index (κ3) is 2.80. The van der Waals surface area contributed by atoms with E-state index in [1.54, 1.807) is 12.1 Å². The molecule has 0 fully saturated rings. The van der Waals surface area contributed by atoms with Crippen LogP contribution in [0.3, 0.4) is 0 Å². The zero-order valence-electron chi connectivity index (χ0n) is 8.54. The molecule has 15 heavy (non-hydrogen) atoms. The van der Waals surface area contributed by atoms with Gasteiger partial charge in [0.25, 0.3) is 0 Å². The highest BCUT2D eigenvalue weighted by Gasteiger charge is 2.11. The molecule has 0 aromatic heterocycles. The highest BCUT2D eigenvalue weighted by Crippen LogP contribution is 2.21. The SMILES string of the molecule is COC(=O)Cc1cc(C)cc(Cl)c1C=O. The van der Waals surface area contributed by atoms with Gasteiger partial charge in [0.2, 0.25) is 0 Å². The summed E-state index contributed by atoms with van der Waals surface area (Å²) in [5, 5.41) is 0.365. The first-order valence-corrected chi connectivity index (χ1v) is 4.77. The van der Waals surface area contributed by atoms with Crippen LogP contribution in [-0.4, -0.2) is 19.4 Å². The molecule has 1 rings (SSSR count). The number of carbonyl (C=O) groups is 2. The number of ether oxygens (including phenoxy) is 1. The topological polar surface area (TPSA) is 43.4 Å². The van der Waals surface area contributed by atoms with E-state index in [4.69, 9.17) is 11.6 Å². The minimum atomic E-state index is -0.389. The Bertz CT molecular complexity index is 399. The van der Waals surface area contributed by atoms with E-state index < -0.39 is 0 Å². The van der Waals surface area contributed by atoms with Crippen molar-refractivity contribution in [3.63, 3.8) is 0 Å². The number of aldehydes is 1. The molecule has 4 heteroatoms. The van der Waals surface area contributed by atoms with Crippen LogP contribution in [-0.2, 0) is 16.0 Å². The van der Waals surface area contributed by atoms with Crippen molar-refractivity contribution in [2.24, 2.45) is 0 Å². The molecule has 1 aromatic carbocycles. The molecule has 1 aromatic rings. The zero-order valence-corrected chi connectivity index (χ0v) is 9.30. The second-order valence-electron chi connectivity index (χ2n) is 3.19. The molecule has 0 N–H and O–H groups in total. The fourth-order valence-electron chi connectivity index (χ4n) is 1.33. The van der Waals surface area contributed by atoms with E-state index in [9.17, 15) is 9.59 Å². The van der Waals surface area contributed by atoms with Gasteiger partial charge in [-0.05, 0) is 24.1 Å². The van der Waals surface area contributed by atoms with E-state index in [2.05, 4.69) is 4.74 Å². The largest absolute Gasteiger partial charge is 0.469 e. The Kier molecular flexibility index (Phi) is 3.86. The molecule has 0 heterocycles. The van der Waals surface area contributed by atoms with Crippen molar-refractivity contribution in [2.45, 2.75) is 13.3 Å². The fourth-order valence-corrected chi connectivity index (χ4v) is 1.67. The van der Waals surface area contributed by atoms with Crippen LogP contribution in [0, 0.1) is 6.92 Å². The number of benzene rings is 1. The lowest BCUT2D eigenvalue weighted by molar-refractivity contribution is -0.139. The van der Waals surface area contributed by atoms with Crippen LogP contribution in [0.2, 0.25) is 5.02 Å². The third-order valence-corrected chi connectivity index (χ3v) is 2.35. The molecule has 0 bridgehead atoms. The Morgan fingerprint density at radius 3 is 2.73 bits per heavy atom. The Labute approximate surface area is 93.0 Å². The lowest BCUT2D eigenvalue weighted by Crippen LogP contribution is -2.07. The van der Waals surface area contributed by atoms with Crippen LogP contribution in [0.1, 0.15) is 21.5 Å². The van der Waals surface area contributed by atoms with Crippen molar-refractivity contribution < 1.29 is 14.3 Å². The van der Waals surface area contributed by atoms with E-state index in [0.717, 1.165) is 5.56 Å². The van der Waals surface area contributed by atoms with Crippen LogP contribution in [0.15, 0.2) is 12.1 Å². The average Bonchev–Trinajstić information content (AvgIpc) is 2.17. The number of aryl methyl sites for hydroxylation is 1. The van der Waals surface area contributed by atoms with E-state index in [1.807, 2.05) is 6.92 Å². The number of halogens is 1. The van der Waals surface area contributed by atoms with Gasteiger partial charge in [-0.15, -0.1) is 0 Å². The summed E-state index contributed by atoms with van der Waals surface area (Å²) in [5.41, 5.74) is 1.86. The maximum Gasteiger partial charge on any atom is 0.310 e. The molecule has 0 amide bonds. The van der Waals surface area contributed by atoms with E-state index in [-0.39, 0.29) is 12.4 Å². The predicted molar refractivity (Wildman–Crippen MR) is 57.3 cm³/mol. The number of hydrogen-bond acceptors (Lipinski definition) is 3. The summed E-state index contributed by atoms with van der Waals surface area (Å²) in [5.74, 6) is -0.389. The van der Waals surface area contributed by atoms with Gasteiger partial charge < -0.3 is 4.74 Å². The molecule has 0 spiro atoms. The van der Waals surface area contributed by atoms with Crippen molar-refractivity contribution >= 4 is 23.9 Å².